The molecule has 184 valence electrons. The van der Waals surface area contributed by atoms with Gasteiger partial charge in [0.1, 0.15) is 42.6 Å². The third kappa shape index (κ3) is 6.48. The number of hydrogen-bond acceptors (Lipinski definition) is 7. The summed E-state index contributed by atoms with van der Waals surface area (Å²) < 4.78 is 12.9. The number of aliphatic hydroxyl groups excluding tert-OH is 3. The Morgan fingerprint density at radius 3 is 1.85 bits per heavy atom. The van der Waals surface area contributed by atoms with E-state index in [0.29, 0.717) is 17.2 Å². The van der Waals surface area contributed by atoms with Crippen LogP contribution in [0.15, 0.2) is 48.5 Å². The second-order valence-corrected chi connectivity index (χ2v) is 9.03. The zero-order valence-electron chi connectivity index (χ0n) is 19.7. The third-order valence-electron chi connectivity index (χ3n) is 5.83. The van der Waals surface area contributed by atoms with Gasteiger partial charge in [0.2, 0.25) is 0 Å². The molecule has 3 N–H and O–H groups in total. The molecule has 0 fully saturated rings. The minimum atomic E-state index is -0.769. The van der Waals surface area contributed by atoms with Crippen molar-refractivity contribution in [1.29, 1.82) is 0 Å². The van der Waals surface area contributed by atoms with Gasteiger partial charge in [0.15, 0.2) is 0 Å². The van der Waals surface area contributed by atoms with E-state index < -0.39 is 12.2 Å². The number of rotatable bonds is 12. The summed E-state index contributed by atoms with van der Waals surface area (Å²) in [5.74, 6) is 1.47. The van der Waals surface area contributed by atoms with Gasteiger partial charge >= 0.3 is 0 Å². The molecule has 8 nitrogen and oxygen atoms in total. The molecule has 1 heterocycles. The van der Waals surface area contributed by atoms with Crippen LogP contribution in [-0.2, 0) is 18.6 Å². The fourth-order valence-electron chi connectivity index (χ4n) is 3.50. The first-order valence-electron chi connectivity index (χ1n) is 11.1. The molecular weight excluding hydrogens is 458 g/mol. The number of ether oxygens (including phenoxy) is 2. The highest BCUT2D eigenvalue weighted by atomic mass is 35.5. The van der Waals surface area contributed by atoms with Crippen molar-refractivity contribution in [3.05, 3.63) is 71.0 Å². The maximum atomic E-state index is 10.3. The standard InChI is InChI=1S/C25H32ClN3O5/c1-17-24(14-30)27-28-29(17)13-21(32)16-34-23-10-6-19(7-11-23)25(2,3)18-4-8-22(9-5-18)33-15-20(31)12-26/h4-11,20-21,30-32H,12-16H2,1-3H3/t20-,21-/m0/s1. The molecule has 0 bridgehead atoms. The first-order chi connectivity index (χ1) is 16.2. The van der Waals surface area contributed by atoms with Crippen molar-refractivity contribution in [1.82, 2.24) is 15.0 Å². The Balaban J connectivity index is 1.56. The summed E-state index contributed by atoms with van der Waals surface area (Å²) in [7, 11) is 0. The smallest absolute Gasteiger partial charge is 0.119 e. The van der Waals surface area contributed by atoms with E-state index in [2.05, 4.69) is 24.2 Å². The van der Waals surface area contributed by atoms with E-state index in [0.717, 1.165) is 16.8 Å². The summed E-state index contributed by atoms with van der Waals surface area (Å²) in [4.78, 5) is 0. The van der Waals surface area contributed by atoms with Crippen LogP contribution in [0.1, 0.15) is 36.4 Å². The van der Waals surface area contributed by atoms with Gasteiger partial charge in [-0.3, -0.25) is 0 Å². The molecule has 1 aromatic heterocycles. The van der Waals surface area contributed by atoms with Crippen LogP contribution in [0, 0.1) is 6.92 Å². The summed E-state index contributed by atoms with van der Waals surface area (Å²) in [6.45, 7) is 6.39. The molecule has 2 aromatic carbocycles. The molecule has 9 heteroatoms. The number of hydrogen-bond donors (Lipinski definition) is 3. The Morgan fingerprint density at radius 1 is 0.912 bits per heavy atom. The summed E-state index contributed by atoms with van der Waals surface area (Å²) in [6.07, 6.45) is -1.46. The molecule has 3 rings (SSSR count). The molecule has 0 unspecified atom stereocenters. The van der Waals surface area contributed by atoms with Crippen molar-refractivity contribution < 1.29 is 24.8 Å². The van der Waals surface area contributed by atoms with Crippen molar-refractivity contribution in [2.75, 3.05) is 19.1 Å². The first kappa shape index (κ1) is 26.0. The van der Waals surface area contributed by atoms with Crippen molar-refractivity contribution in [2.45, 2.75) is 51.5 Å². The van der Waals surface area contributed by atoms with Crippen molar-refractivity contribution in [2.24, 2.45) is 0 Å². The number of aromatic nitrogens is 3. The number of benzene rings is 2. The highest BCUT2D eigenvalue weighted by Crippen LogP contribution is 2.33. The lowest BCUT2D eigenvalue weighted by Gasteiger charge is -2.26. The highest BCUT2D eigenvalue weighted by Gasteiger charge is 2.23. The molecule has 0 saturated heterocycles. The maximum absolute atomic E-state index is 10.3. The molecule has 0 aliphatic heterocycles. The summed E-state index contributed by atoms with van der Waals surface area (Å²) in [5, 5.41) is 36.9. The zero-order chi connectivity index (χ0) is 24.7. The quantitative estimate of drug-likeness (QED) is 0.335. The van der Waals surface area contributed by atoms with E-state index in [1.165, 1.54) is 0 Å². The van der Waals surface area contributed by atoms with Gasteiger partial charge in [-0.2, -0.15) is 0 Å². The van der Waals surface area contributed by atoms with Crippen molar-refractivity contribution in [3.8, 4) is 11.5 Å². The normalized spacial score (nSPS) is 13.5. The zero-order valence-corrected chi connectivity index (χ0v) is 20.4. The van der Waals surface area contributed by atoms with Gasteiger partial charge in [-0.1, -0.05) is 43.3 Å². The summed E-state index contributed by atoms with van der Waals surface area (Å²) in [5.41, 5.74) is 3.20. The van der Waals surface area contributed by atoms with Crippen LogP contribution in [0.2, 0.25) is 0 Å². The van der Waals surface area contributed by atoms with Crippen LogP contribution < -0.4 is 9.47 Å². The molecule has 0 aliphatic rings. The number of aliphatic hydroxyl groups is 3. The van der Waals surface area contributed by atoms with E-state index in [9.17, 15) is 15.3 Å². The van der Waals surface area contributed by atoms with Gasteiger partial charge in [-0.05, 0) is 42.3 Å². The number of halogens is 1. The van der Waals surface area contributed by atoms with Crippen LogP contribution in [0.5, 0.6) is 11.5 Å². The second-order valence-electron chi connectivity index (χ2n) is 8.72. The third-order valence-corrected chi connectivity index (χ3v) is 6.18. The van der Waals surface area contributed by atoms with E-state index in [4.69, 9.17) is 21.1 Å². The molecule has 0 aliphatic carbocycles. The molecule has 0 radical (unpaired) electrons. The van der Waals surface area contributed by atoms with Crippen LogP contribution >= 0.6 is 11.6 Å². The average molecular weight is 490 g/mol. The lowest BCUT2D eigenvalue weighted by Crippen LogP contribution is -2.25. The minimum absolute atomic E-state index is 0.108. The monoisotopic (exact) mass is 489 g/mol. The topological polar surface area (TPSA) is 110 Å². The molecule has 2 atom stereocenters. The molecule has 3 aromatic rings. The number of nitrogens with zero attached hydrogens (tertiary/aromatic N) is 3. The Kier molecular flexibility index (Phi) is 8.90. The lowest BCUT2D eigenvalue weighted by atomic mass is 9.78. The minimum Gasteiger partial charge on any atom is -0.491 e. The van der Waals surface area contributed by atoms with Crippen LogP contribution in [0.4, 0.5) is 0 Å². The Bertz CT molecular complexity index is 1040. The first-order valence-corrected chi connectivity index (χ1v) is 11.7. The molecule has 0 saturated carbocycles. The molecule has 0 amide bonds. The maximum Gasteiger partial charge on any atom is 0.119 e. The lowest BCUT2D eigenvalue weighted by molar-refractivity contribution is 0.0882. The van der Waals surface area contributed by atoms with E-state index in [1.54, 1.807) is 11.6 Å². The van der Waals surface area contributed by atoms with Gasteiger partial charge in [0.05, 0.1) is 24.7 Å². The van der Waals surface area contributed by atoms with E-state index in [-0.39, 0.29) is 37.7 Å². The Labute approximate surface area is 204 Å². The highest BCUT2D eigenvalue weighted by molar-refractivity contribution is 6.18. The van der Waals surface area contributed by atoms with E-state index >= 15 is 0 Å². The van der Waals surface area contributed by atoms with Gasteiger partial charge < -0.3 is 24.8 Å². The van der Waals surface area contributed by atoms with Crippen molar-refractivity contribution in [3.63, 3.8) is 0 Å². The SMILES string of the molecule is Cc1c(CO)nnn1C[C@H](O)COc1ccc(C(C)(C)c2ccc(OC[C@@H](O)CCl)cc2)cc1. The van der Waals surface area contributed by atoms with Crippen molar-refractivity contribution >= 4 is 11.6 Å². The fraction of sp³-hybridized carbons (Fsp3) is 0.440. The van der Waals surface area contributed by atoms with E-state index in [1.807, 2.05) is 48.5 Å². The Morgan fingerprint density at radius 2 is 1.41 bits per heavy atom. The molecule has 0 spiro atoms. The van der Waals surface area contributed by atoms with Gasteiger partial charge in [0.25, 0.3) is 0 Å². The molecule has 34 heavy (non-hydrogen) atoms. The molecular formula is C25H32ClN3O5. The van der Waals surface area contributed by atoms with Gasteiger partial charge in [-0.15, -0.1) is 16.7 Å². The average Bonchev–Trinajstić information content (AvgIpc) is 3.20. The van der Waals surface area contributed by atoms with Crippen LogP contribution in [-0.4, -0.2) is 61.6 Å². The predicted octanol–water partition coefficient (Wildman–Crippen LogP) is 2.82. The second kappa shape index (κ2) is 11.7. The largest absolute Gasteiger partial charge is 0.491 e. The summed E-state index contributed by atoms with van der Waals surface area (Å²) in [6, 6.07) is 15.6. The predicted molar refractivity (Wildman–Crippen MR) is 129 cm³/mol. The summed E-state index contributed by atoms with van der Waals surface area (Å²) >= 11 is 5.60. The Hall–Kier alpha value is -2.65. The van der Waals surface area contributed by atoms with Crippen LogP contribution in [0.25, 0.3) is 0 Å². The number of alkyl halides is 1. The van der Waals surface area contributed by atoms with Crippen LogP contribution in [0.3, 0.4) is 0 Å². The van der Waals surface area contributed by atoms with Gasteiger partial charge in [0, 0.05) is 5.41 Å². The fourth-order valence-corrected chi connectivity index (χ4v) is 3.59. The van der Waals surface area contributed by atoms with Gasteiger partial charge in [-0.25, -0.2) is 4.68 Å².